The molecule has 0 spiro atoms. The smallest absolute Gasteiger partial charge is 0.142 e. The van der Waals surface area contributed by atoms with E-state index in [9.17, 15) is 0 Å². The van der Waals surface area contributed by atoms with E-state index >= 15 is 0 Å². The first-order valence-electron chi connectivity index (χ1n) is 6.41. The Kier molecular flexibility index (Phi) is 3.89. The fraction of sp³-hybridized carbons (Fsp3) is 0.571. The van der Waals surface area contributed by atoms with Gasteiger partial charge in [0.15, 0.2) is 0 Å². The highest BCUT2D eigenvalue weighted by Gasteiger charge is 2.11. The van der Waals surface area contributed by atoms with Crippen LogP contribution in [-0.4, -0.2) is 25.2 Å². The van der Waals surface area contributed by atoms with Gasteiger partial charge in [0, 0.05) is 18.6 Å². The molecule has 0 aliphatic carbocycles. The summed E-state index contributed by atoms with van der Waals surface area (Å²) in [6, 6.07) is 7.46. The standard InChI is InChI=1S/C14H22N2O/c1-10(2)16-11(3)8-12-4-5-14-13(9-12)15-6-7-17-14/h4-5,9-11,15-16H,6-8H2,1-3H3. The second-order valence-electron chi connectivity index (χ2n) is 5.03. The molecule has 3 nitrogen and oxygen atoms in total. The topological polar surface area (TPSA) is 33.3 Å². The van der Waals surface area contributed by atoms with E-state index < -0.39 is 0 Å². The maximum Gasteiger partial charge on any atom is 0.142 e. The third-order valence-electron chi connectivity index (χ3n) is 2.88. The molecule has 1 atom stereocenters. The Hall–Kier alpha value is -1.22. The SMILES string of the molecule is CC(C)NC(C)Cc1ccc2c(c1)NCCO2. The Morgan fingerprint density at radius 3 is 2.94 bits per heavy atom. The third-order valence-corrected chi connectivity index (χ3v) is 2.88. The highest BCUT2D eigenvalue weighted by molar-refractivity contribution is 5.59. The van der Waals surface area contributed by atoms with Crippen molar-refractivity contribution in [2.75, 3.05) is 18.5 Å². The second-order valence-corrected chi connectivity index (χ2v) is 5.03. The molecule has 94 valence electrons. The van der Waals surface area contributed by atoms with Gasteiger partial charge in [0.2, 0.25) is 0 Å². The van der Waals surface area contributed by atoms with E-state index in [1.807, 2.05) is 0 Å². The molecule has 1 aromatic carbocycles. The van der Waals surface area contributed by atoms with Crippen LogP contribution in [0.25, 0.3) is 0 Å². The minimum Gasteiger partial charge on any atom is -0.490 e. The first-order chi connectivity index (χ1) is 8.15. The Morgan fingerprint density at radius 2 is 2.18 bits per heavy atom. The summed E-state index contributed by atoms with van der Waals surface area (Å²) in [4.78, 5) is 0. The average molecular weight is 234 g/mol. The van der Waals surface area contributed by atoms with Crippen LogP contribution in [0.1, 0.15) is 26.3 Å². The molecular weight excluding hydrogens is 212 g/mol. The Labute approximate surface area is 104 Å². The lowest BCUT2D eigenvalue weighted by Gasteiger charge is -2.21. The Balaban J connectivity index is 2.01. The van der Waals surface area contributed by atoms with Crippen molar-refractivity contribution in [3.63, 3.8) is 0 Å². The zero-order valence-corrected chi connectivity index (χ0v) is 10.9. The molecule has 1 unspecified atom stereocenters. The number of hydrogen-bond acceptors (Lipinski definition) is 3. The predicted octanol–water partition coefficient (Wildman–Crippen LogP) is 2.42. The van der Waals surface area contributed by atoms with E-state index in [2.05, 4.69) is 49.6 Å². The van der Waals surface area contributed by atoms with Crippen LogP contribution in [0.3, 0.4) is 0 Å². The summed E-state index contributed by atoms with van der Waals surface area (Å²) < 4.78 is 5.57. The number of benzene rings is 1. The van der Waals surface area contributed by atoms with Gasteiger partial charge >= 0.3 is 0 Å². The van der Waals surface area contributed by atoms with Gasteiger partial charge in [0.1, 0.15) is 12.4 Å². The van der Waals surface area contributed by atoms with Gasteiger partial charge in [0.05, 0.1) is 5.69 Å². The van der Waals surface area contributed by atoms with Crippen molar-refractivity contribution in [3.05, 3.63) is 23.8 Å². The van der Waals surface area contributed by atoms with Crippen molar-refractivity contribution in [2.45, 2.75) is 39.3 Å². The van der Waals surface area contributed by atoms with Gasteiger partial charge in [-0.3, -0.25) is 0 Å². The van der Waals surface area contributed by atoms with Crippen molar-refractivity contribution in [2.24, 2.45) is 0 Å². The molecular formula is C14H22N2O. The van der Waals surface area contributed by atoms with Gasteiger partial charge in [-0.05, 0) is 31.0 Å². The number of rotatable bonds is 4. The monoisotopic (exact) mass is 234 g/mol. The van der Waals surface area contributed by atoms with Crippen molar-refractivity contribution in [1.29, 1.82) is 0 Å². The maximum atomic E-state index is 5.57. The largest absolute Gasteiger partial charge is 0.490 e. The zero-order valence-electron chi connectivity index (χ0n) is 10.9. The van der Waals surface area contributed by atoms with Crippen molar-refractivity contribution >= 4 is 5.69 Å². The lowest BCUT2D eigenvalue weighted by Crippen LogP contribution is -2.33. The molecule has 1 aliphatic rings. The van der Waals surface area contributed by atoms with E-state index in [1.54, 1.807) is 0 Å². The van der Waals surface area contributed by atoms with Crippen LogP contribution >= 0.6 is 0 Å². The minimum atomic E-state index is 0.498. The van der Waals surface area contributed by atoms with Gasteiger partial charge in [-0.1, -0.05) is 19.9 Å². The molecule has 0 saturated heterocycles. The molecule has 1 aliphatic heterocycles. The van der Waals surface area contributed by atoms with Gasteiger partial charge in [0.25, 0.3) is 0 Å². The molecule has 0 aromatic heterocycles. The second kappa shape index (κ2) is 5.41. The van der Waals surface area contributed by atoms with Crippen LogP contribution in [0.5, 0.6) is 5.75 Å². The number of anilines is 1. The first kappa shape index (κ1) is 12.2. The van der Waals surface area contributed by atoms with Crippen LogP contribution in [-0.2, 0) is 6.42 Å². The van der Waals surface area contributed by atoms with Gasteiger partial charge in [-0.15, -0.1) is 0 Å². The van der Waals surface area contributed by atoms with E-state index in [1.165, 1.54) is 5.56 Å². The van der Waals surface area contributed by atoms with E-state index in [4.69, 9.17) is 4.74 Å². The number of fused-ring (bicyclic) bond motifs is 1. The van der Waals surface area contributed by atoms with Crippen LogP contribution < -0.4 is 15.4 Å². The summed E-state index contributed by atoms with van der Waals surface area (Å²) in [6.45, 7) is 8.24. The molecule has 0 saturated carbocycles. The molecule has 2 rings (SSSR count). The molecule has 0 radical (unpaired) electrons. The number of nitrogens with one attached hydrogen (secondary N) is 2. The van der Waals surface area contributed by atoms with E-state index in [-0.39, 0.29) is 0 Å². The fourth-order valence-electron chi connectivity index (χ4n) is 2.30. The predicted molar refractivity (Wildman–Crippen MR) is 71.9 cm³/mol. The summed E-state index contributed by atoms with van der Waals surface area (Å²) >= 11 is 0. The molecule has 0 fully saturated rings. The van der Waals surface area contributed by atoms with Crippen LogP contribution in [0.4, 0.5) is 5.69 Å². The van der Waals surface area contributed by atoms with Gasteiger partial charge < -0.3 is 15.4 Å². The minimum absolute atomic E-state index is 0.498. The Bertz CT molecular complexity index is 376. The van der Waals surface area contributed by atoms with E-state index in [0.29, 0.717) is 12.1 Å². The van der Waals surface area contributed by atoms with Crippen LogP contribution in [0, 0.1) is 0 Å². The molecule has 0 amide bonds. The van der Waals surface area contributed by atoms with Crippen LogP contribution in [0.15, 0.2) is 18.2 Å². The molecule has 1 aromatic rings. The van der Waals surface area contributed by atoms with E-state index in [0.717, 1.165) is 31.0 Å². The van der Waals surface area contributed by atoms with Gasteiger partial charge in [-0.25, -0.2) is 0 Å². The average Bonchev–Trinajstić information content (AvgIpc) is 2.27. The zero-order chi connectivity index (χ0) is 12.3. The van der Waals surface area contributed by atoms with Crippen LogP contribution in [0.2, 0.25) is 0 Å². The normalized spacial score (nSPS) is 16.0. The highest BCUT2D eigenvalue weighted by atomic mass is 16.5. The molecule has 1 heterocycles. The van der Waals surface area contributed by atoms with Gasteiger partial charge in [-0.2, -0.15) is 0 Å². The Morgan fingerprint density at radius 1 is 1.35 bits per heavy atom. The lowest BCUT2D eigenvalue weighted by molar-refractivity contribution is 0.323. The molecule has 2 N–H and O–H groups in total. The summed E-state index contributed by atoms with van der Waals surface area (Å²) in [7, 11) is 0. The number of ether oxygens (including phenoxy) is 1. The molecule has 0 bridgehead atoms. The maximum absolute atomic E-state index is 5.57. The summed E-state index contributed by atoms with van der Waals surface area (Å²) in [5, 5.41) is 6.89. The van der Waals surface area contributed by atoms with Crippen molar-refractivity contribution < 1.29 is 4.74 Å². The quantitative estimate of drug-likeness (QED) is 0.839. The third kappa shape index (κ3) is 3.37. The first-order valence-corrected chi connectivity index (χ1v) is 6.41. The highest BCUT2D eigenvalue weighted by Crippen LogP contribution is 2.28. The molecule has 17 heavy (non-hydrogen) atoms. The lowest BCUT2D eigenvalue weighted by atomic mass is 10.0. The summed E-state index contributed by atoms with van der Waals surface area (Å²) in [5.74, 6) is 0.976. The fourth-order valence-corrected chi connectivity index (χ4v) is 2.30. The van der Waals surface area contributed by atoms with Crippen molar-refractivity contribution in [1.82, 2.24) is 5.32 Å². The summed E-state index contributed by atoms with van der Waals surface area (Å²) in [6.07, 6.45) is 1.05. The molecule has 3 heteroatoms. The van der Waals surface area contributed by atoms with Crippen molar-refractivity contribution in [3.8, 4) is 5.75 Å². The summed E-state index contributed by atoms with van der Waals surface area (Å²) in [5.41, 5.74) is 2.48. The number of hydrogen-bond donors (Lipinski definition) is 2.